The maximum absolute atomic E-state index is 12.4. The lowest BCUT2D eigenvalue weighted by Crippen LogP contribution is -2.37. The van der Waals surface area contributed by atoms with Crippen LogP contribution in [0.2, 0.25) is 0 Å². The van der Waals surface area contributed by atoms with Crippen molar-refractivity contribution in [1.82, 2.24) is 15.0 Å². The Hall–Kier alpha value is -2.63. The van der Waals surface area contributed by atoms with Crippen LogP contribution < -0.4 is 0 Å². The third-order valence-corrected chi connectivity index (χ3v) is 4.28. The second-order valence-corrected chi connectivity index (χ2v) is 5.92. The van der Waals surface area contributed by atoms with Gasteiger partial charge in [-0.05, 0) is 31.9 Å². The highest BCUT2D eigenvalue weighted by Crippen LogP contribution is 2.30. The molecule has 0 saturated carbocycles. The summed E-state index contributed by atoms with van der Waals surface area (Å²) in [6.07, 6.45) is 1.68. The van der Waals surface area contributed by atoms with Crippen molar-refractivity contribution in [2.75, 3.05) is 13.1 Å². The number of carbonyl (C=O) groups is 1. The van der Waals surface area contributed by atoms with Crippen molar-refractivity contribution >= 4 is 17.0 Å². The van der Waals surface area contributed by atoms with Crippen LogP contribution in [0, 0.1) is 6.92 Å². The van der Waals surface area contributed by atoms with Crippen molar-refractivity contribution in [3.63, 3.8) is 0 Å². The number of aromatic nitrogens is 2. The molecule has 23 heavy (non-hydrogen) atoms. The van der Waals surface area contributed by atoms with E-state index >= 15 is 0 Å². The predicted molar refractivity (Wildman–Crippen MR) is 83.1 cm³/mol. The Morgan fingerprint density at radius 3 is 2.74 bits per heavy atom. The smallest absolute Gasteiger partial charge is 0.292 e. The van der Waals surface area contributed by atoms with Crippen LogP contribution in [0.4, 0.5) is 0 Å². The van der Waals surface area contributed by atoms with E-state index < -0.39 is 0 Å². The number of amides is 1. The monoisotopic (exact) mass is 311 g/mol. The van der Waals surface area contributed by atoms with E-state index in [1.807, 2.05) is 24.3 Å². The Balaban J connectivity index is 1.45. The van der Waals surface area contributed by atoms with Gasteiger partial charge >= 0.3 is 0 Å². The Labute approximate surface area is 133 Å². The highest BCUT2D eigenvalue weighted by atomic mass is 16.5. The number of rotatable bonds is 2. The number of hydrogen-bond acceptors (Lipinski definition) is 5. The van der Waals surface area contributed by atoms with Crippen LogP contribution >= 0.6 is 0 Å². The van der Waals surface area contributed by atoms with Crippen molar-refractivity contribution in [2.24, 2.45) is 0 Å². The van der Waals surface area contributed by atoms with Crippen LogP contribution in [0.25, 0.3) is 11.1 Å². The zero-order valence-electron chi connectivity index (χ0n) is 12.9. The summed E-state index contributed by atoms with van der Waals surface area (Å²) >= 11 is 0. The van der Waals surface area contributed by atoms with E-state index in [4.69, 9.17) is 8.94 Å². The summed E-state index contributed by atoms with van der Waals surface area (Å²) in [6.45, 7) is 3.14. The minimum absolute atomic E-state index is 0.0957. The molecule has 0 unspecified atom stereocenters. The number of aryl methyl sites for hydroxylation is 1. The van der Waals surface area contributed by atoms with Gasteiger partial charge in [-0.1, -0.05) is 17.3 Å². The molecule has 118 valence electrons. The minimum Gasteiger partial charge on any atom is -0.440 e. The molecule has 0 bridgehead atoms. The largest absolute Gasteiger partial charge is 0.440 e. The molecule has 1 amide bonds. The van der Waals surface area contributed by atoms with Crippen molar-refractivity contribution in [2.45, 2.75) is 25.7 Å². The fraction of sp³-hybridized carbons (Fsp3) is 0.353. The van der Waals surface area contributed by atoms with E-state index in [-0.39, 0.29) is 11.8 Å². The molecule has 1 aromatic carbocycles. The van der Waals surface area contributed by atoms with E-state index in [2.05, 4.69) is 10.1 Å². The Bertz CT molecular complexity index is 811. The number of carbonyl (C=O) groups excluding carboxylic acids is 1. The summed E-state index contributed by atoms with van der Waals surface area (Å²) in [5.74, 6) is 1.24. The van der Waals surface area contributed by atoms with E-state index in [0.29, 0.717) is 18.8 Å². The van der Waals surface area contributed by atoms with Crippen molar-refractivity contribution in [3.05, 3.63) is 47.7 Å². The summed E-state index contributed by atoms with van der Waals surface area (Å²) in [6, 6.07) is 9.45. The lowest BCUT2D eigenvalue weighted by atomic mass is 9.96. The number of likely N-dealkylation sites (tertiary alicyclic amines) is 1. The van der Waals surface area contributed by atoms with Gasteiger partial charge in [0.2, 0.25) is 5.76 Å². The van der Waals surface area contributed by atoms with Gasteiger partial charge < -0.3 is 13.8 Å². The first-order valence-electron chi connectivity index (χ1n) is 7.79. The Morgan fingerprint density at radius 2 is 2.04 bits per heavy atom. The predicted octanol–water partition coefficient (Wildman–Crippen LogP) is 3.14. The first-order valence-corrected chi connectivity index (χ1v) is 7.79. The lowest BCUT2D eigenvalue weighted by molar-refractivity contribution is 0.0665. The van der Waals surface area contributed by atoms with Crippen LogP contribution in [0.1, 0.15) is 40.9 Å². The van der Waals surface area contributed by atoms with Gasteiger partial charge in [-0.15, -0.1) is 0 Å². The molecule has 0 atom stereocenters. The number of benzene rings is 1. The van der Waals surface area contributed by atoms with Crippen molar-refractivity contribution < 1.29 is 13.7 Å². The molecule has 3 heterocycles. The zero-order valence-corrected chi connectivity index (χ0v) is 12.9. The van der Waals surface area contributed by atoms with Crippen molar-refractivity contribution in [1.29, 1.82) is 0 Å². The minimum atomic E-state index is -0.0957. The highest BCUT2D eigenvalue weighted by molar-refractivity contribution is 5.91. The molecule has 4 rings (SSSR count). The normalized spacial score (nSPS) is 16.1. The summed E-state index contributed by atoms with van der Waals surface area (Å²) < 4.78 is 10.9. The van der Waals surface area contributed by atoms with Crippen molar-refractivity contribution in [3.8, 4) is 0 Å². The highest BCUT2D eigenvalue weighted by Gasteiger charge is 2.28. The van der Waals surface area contributed by atoms with Crippen LogP contribution in [-0.4, -0.2) is 34.0 Å². The second-order valence-electron chi connectivity index (χ2n) is 5.92. The number of para-hydroxylation sites is 2. The molecule has 0 N–H and O–H groups in total. The molecule has 0 radical (unpaired) electrons. The Kier molecular flexibility index (Phi) is 3.37. The maximum Gasteiger partial charge on any atom is 0.292 e. The van der Waals surface area contributed by atoms with Gasteiger partial charge in [0, 0.05) is 25.1 Å². The number of oxazole rings is 1. The molecule has 3 aromatic rings. The average Bonchev–Trinajstić information content (AvgIpc) is 3.20. The summed E-state index contributed by atoms with van der Waals surface area (Å²) in [7, 11) is 0. The fourth-order valence-corrected chi connectivity index (χ4v) is 3.01. The summed E-state index contributed by atoms with van der Waals surface area (Å²) in [4.78, 5) is 18.7. The molecular formula is C17H17N3O3. The molecule has 1 aliphatic heterocycles. The van der Waals surface area contributed by atoms with Gasteiger partial charge in [0.05, 0.1) is 5.69 Å². The van der Waals surface area contributed by atoms with Gasteiger partial charge in [-0.25, -0.2) is 4.98 Å². The number of nitrogens with zero attached hydrogens (tertiary/aromatic N) is 3. The molecule has 6 heteroatoms. The van der Waals surface area contributed by atoms with Crippen LogP contribution in [0.5, 0.6) is 0 Å². The van der Waals surface area contributed by atoms with Gasteiger partial charge in [0.25, 0.3) is 5.91 Å². The molecule has 2 aromatic heterocycles. The van der Waals surface area contributed by atoms with E-state index in [9.17, 15) is 4.79 Å². The fourth-order valence-electron chi connectivity index (χ4n) is 3.01. The van der Waals surface area contributed by atoms with Crippen LogP contribution in [-0.2, 0) is 0 Å². The molecular weight excluding hydrogens is 294 g/mol. The van der Waals surface area contributed by atoms with Crippen LogP contribution in [0.15, 0.2) is 39.3 Å². The third kappa shape index (κ3) is 2.60. The zero-order chi connectivity index (χ0) is 15.8. The van der Waals surface area contributed by atoms with E-state index in [1.165, 1.54) is 0 Å². The number of hydrogen-bond donors (Lipinski definition) is 0. The first kappa shape index (κ1) is 14.0. The maximum atomic E-state index is 12.4. The second kappa shape index (κ2) is 5.53. The average molecular weight is 311 g/mol. The van der Waals surface area contributed by atoms with E-state index in [1.54, 1.807) is 17.9 Å². The topological polar surface area (TPSA) is 72.4 Å². The number of fused-ring (bicyclic) bond motifs is 1. The quantitative estimate of drug-likeness (QED) is 0.727. The van der Waals surface area contributed by atoms with Gasteiger partial charge in [0.15, 0.2) is 11.5 Å². The third-order valence-electron chi connectivity index (χ3n) is 4.28. The molecule has 0 spiro atoms. The van der Waals surface area contributed by atoms with E-state index in [0.717, 1.165) is 35.5 Å². The Morgan fingerprint density at radius 1 is 1.26 bits per heavy atom. The SMILES string of the molecule is Cc1cc(C(=O)N2CCC(c3nc4ccccc4o3)CC2)on1. The molecule has 1 saturated heterocycles. The summed E-state index contributed by atoms with van der Waals surface area (Å²) in [5.41, 5.74) is 2.42. The van der Waals surface area contributed by atoms with Gasteiger partial charge in [-0.3, -0.25) is 4.79 Å². The number of piperidine rings is 1. The molecule has 0 aliphatic carbocycles. The van der Waals surface area contributed by atoms with Gasteiger partial charge in [0.1, 0.15) is 5.52 Å². The molecule has 6 nitrogen and oxygen atoms in total. The summed E-state index contributed by atoms with van der Waals surface area (Å²) in [5, 5.41) is 3.77. The molecule has 1 fully saturated rings. The molecule has 1 aliphatic rings. The van der Waals surface area contributed by atoms with Gasteiger partial charge in [-0.2, -0.15) is 0 Å². The standard InChI is InChI=1S/C17H17N3O3/c1-11-10-15(23-19-11)17(21)20-8-6-12(7-9-20)16-18-13-4-2-3-5-14(13)22-16/h2-5,10,12H,6-9H2,1H3. The first-order chi connectivity index (χ1) is 11.2. The van der Waals surface area contributed by atoms with Crippen LogP contribution in [0.3, 0.4) is 0 Å². The lowest BCUT2D eigenvalue weighted by Gasteiger charge is -2.29.